The molecule has 4 aromatic carbocycles. The van der Waals surface area contributed by atoms with Crippen molar-refractivity contribution in [2.24, 2.45) is 0 Å². The summed E-state index contributed by atoms with van der Waals surface area (Å²) in [5.74, 6) is 0. The minimum Gasteiger partial charge on any atom is -0.343 e. The van der Waals surface area contributed by atoms with Crippen molar-refractivity contribution < 1.29 is 0 Å². The topological polar surface area (TPSA) is 17.0 Å². The summed E-state index contributed by atoms with van der Waals surface area (Å²) in [6, 6.07) is 38.7. The van der Waals surface area contributed by atoms with Gasteiger partial charge in [-0.05, 0) is 39.9 Å². The summed E-state index contributed by atoms with van der Waals surface area (Å²) in [6.45, 7) is 2.58. The Kier molecular flexibility index (Phi) is 5.64. The molecule has 0 fully saturated rings. The number of nitrogens with zero attached hydrogens (tertiary/aromatic N) is 1. The van der Waals surface area contributed by atoms with Gasteiger partial charge in [0, 0.05) is 36.7 Å². The molecule has 2 nitrogen and oxygen atoms in total. The maximum Gasteiger partial charge on any atom is 0.0487 e. The van der Waals surface area contributed by atoms with Gasteiger partial charge in [-0.1, -0.05) is 97.1 Å². The van der Waals surface area contributed by atoms with Crippen LogP contribution in [0.3, 0.4) is 0 Å². The molecule has 0 unspecified atom stereocenters. The fraction of sp³-hybridized carbons (Fsp3) is 0.103. The molecule has 0 spiro atoms. The van der Waals surface area contributed by atoms with Gasteiger partial charge >= 0.3 is 0 Å². The van der Waals surface area contributed by atoms with E-state index in [9.17, 15) is 0 Å². The van der Waals surface area contributed by atoms with Gasteiger partial charge in [0.05, 0.1) is 0 Å². The van der Waals surface area contributed by atoms with E-state index in [0.29, 0.717) is 0 Å². The molecule has 152 valence electrons. The quantitative estimate of drug-likeness (QED) is 0.323. The van der Waals surface area contributed by atoms with E-state index >= 15 is 0 Å². The van der Waals surface area contributed by atoms with Crippen molar-refractivity contribution in [3.8, 4) is 11.1 Å². The average Bonchev–Trinajstić information content (AvgIpc) is 3.17. The highest BCUT2D eigenvalue weighted by Crippen LogP contribution is 2.29. The van der Waals surface area contributed by atoms with Crippen LogP contribution in [0.2, 0.25) is 0 Å². The van der Waals surface area contributed by atoms with E-state index < -0.39 is 0 Å². The van der Waals surface area contributed by atoms with Crippen LogP contribution in [-0.4, -0.2) is 4.57 Å². The molecule has 0 atom stereocenters. The Labute approximate surface area is 183 Å². The van der Waals surface area contributed by atoms with Crippen LogP contribution in [0, 0.1) is 0 Å². The van der Waals surface area contributed by atoms with E-state index in [-0.39, 0.29) is 0 Å². The molecule has 0 aliphatic heterocycles. The summed E-state index contributed by atoms with van der Waals surface area (Å²) in [5.41, 5.74) is 7.74. The molecule has 31 heavy (non-hydrogen) atoms. The minimum absolute atomic E-state index is 0.839. The molecule has 0 amide bonds. The number of fused-ring (bicyclic) bond motifs is 1. The molecule has 0 radical (unpaired) electrons. The second-order valence-corrected chi connectivity index (χ2v) is 7.95. The van der Waals surface area contributed by atoms with Gasteiger partial charge in [-0.3, -0.25) is 0 Å². The van der Waals surface area contributed by atoms with Crippen LogP contribution in [-0.2, 0) is 19.6 Å². The van der Waals surface area contributed by atoms with Crippen molar-refractivity contribution in [2.75, 3.05) is 0 Å². The Morgan fingerprint density at radius 1 is 0.581 bits per heavy atom. The number of nitrogens with one attached hydrogen (secondary N) is 1. The highest BCUT2D eigenvalue weighted by Gasteiger charge is 2.11. The van der Waals surface area contributed by atoms with Crippen LogP contribution in [0.5, 0.6) is 0 Å². The average molecular weight is 403 g/mol. The van der Waals surface area contributed by atoms with Gasteiger partial charge in [0.15, 0.2) is 0 Å². The Hall–Kier alpha value is -3.62. The minimum atomic E-state index is 0.839. The van der Waals surface area contributed by atoms with E-state index in [4.69, 9.17) is 0 Å². The third-order valence-corrected chi connectivity index (χ3v) is 5.75. The summed E-state index contributed by atoms with van der Waals surface area (Å²) in [5, 5.41) is 4.95. The Morgan fingerprint density at radius 3 is 1.94 bits per heavy atom. The first-order valence-electron chi connectivity index (χ1n) is 10.8. The first-order valence-corrected chi connectivity index (χ1v) is 10.8. The molecule has 1 heterocycles. The fourth-order valence-electron chi connectivity index (χ4n) is 4.17. The normalized spacial score (nSPS) is 11.1. The van der Waals surface area contributed by atoms with Crippen LogP contribution in [0.25, 0.3) is 22.0 Å². The summed E-state index contributed by atoms with van der Waals surface area (Å²) in [6.07, 6.45) is 2.31. The van der Waals surface area contributed by atoms with Crippen LogP contribution >= 0.6 is 0 Å². The molecule has 1 N–H and O–H groups in total. The van der Waals surface area contributed by atoms with Crippen molar-refractivity contribution in [3.63, 3.8) is 0 Å². The van der Waals surface area contributed by atoms with Crippen LogP contribution in [0.15, 0.2) is 115 Å². The zero-order valence-electron chi connectivity index (χ0n) is 17.5. The van der Waals surface area contributed by atoms with Gasteiger partial charge in [0.1, 0.15) is 0 Å². The predicted octanol–water partition coefficient (Wildman–Crippen LogP) is 6.65. The zero-order valence-corrected chi connectivity index (χ0v) is 17.5. The van der Waals surface area contributed by atoms with E-state index in [0.717, 1.165) is 19.6 Å². The van der Waals surface area contributed by atoms with Gasteiger partial charge in [0.2, 0.25) is 0 Å². The third-order valence-electron chi connectivity index (χ3n) is 5.75. The van der Waals surface area contributed by atoms with E-state index in [1.54, 1.807) is 0 Å². The summed E-state index contributed by atoms with van der Waals surface area (Å²) in [7, 11) is 0. The SMILES string of the molecule is c1ccc(CNCc2cn(Cc3ccccc3)c3ccc(-c4ccccc4)cc23)cc1. The maximum absolute atomic E-state index is 3.63. The Bertz CT molecular complexity index is 1260. The number of rotatable bonds is 7. The number of aromatic nitrogens is 1. The molecule has 0 saturated heterocycles. The van der Waals surface area contributed by atoms with Crippen LogP contribution < -0.4 is 5.32 Å². The lowest BCUT2D eigenvalue weighted by molar-refractivity contribution is 0.692. The summed E-state index contributed by atoms with van der Waals surface area (Å²) >= 11 is 0. The Balaban J connectivity index is 1.48. The molecular formula is C29H26N2. The predicted molar refractivity (Wildman–Crippen MR) is 130 cm³/mol. The molecule has 2 heteroatoms. The number of benzene rings is 4. The molecule has 0 aliphatic carbocycles. The molecule has 0 aliphatic rings. The lowest BCUT2D eigenvalue weighted by Gasteiger charge is -2.07. The van der Waals surface area contributed by atoms with Crippen molar-refractivity contribution in [2.45, 2.75) is 19.6 Å². The lowest BCUT2D eigenvalue weighted by atomic mass is 10.0. The highest BCUT2D eigenvalue weighted by atomic mass is 15.0. The van der Waals surface area contributed by atoms with Gasteiger partial charge in [-0.2, -0.15) is 0 Å². The molecule has 0 saturated carbocycles. The Morgan fingerprint density at radius 2 is 1.23 bits per heavy atom. The van der Waals surface area contributed by atoms with Gasteiger partial charge in [-0.15, -0.1) is 0 Å². The zero-order chi connectivity index (χ0) is 20.9. The highest BCUT2D eigenvalue weighted by molar-refractivity contribution is 5.88. The summed E-state index contributed by atoms with van der Waals surface area (Å²) in [4.78, 5) is 0. The van der Waals surface area contributed by atoms with Gasteiger partial charge in [-0.25, -0.2) is 0 Å². The van der Waals surface area contributed by atoms with Crippen molar-refractivity contribution in [1.82, 2.24) is 9.88 Å². The van der Waals surface area contributed by atoms with Crippen LogP contribution in [0.4, 0.5) is 0 Å². The second kappa shape index (κ2) is 9.03. The van der Waals surface area contributed by atoms with Crippen molar-refractivity contribution >= 4 is 10.9 Å². The van der Waals surface area contributed by atoms with E-state index in [1.165, 1.54) is 38.7 Å². The fourth-order valence-corrected chi connectivity index (χ4v) is 4.17. The molecule has 5 rings (SSSR count). The smallest absolute Gasteiger partial charge is 0.0487 e. The van der Waals surface area contributed by atoms with Crippen LogP contribution in [0.1, 0.15) is 16.7 Å². The van der Waals surface area contributed by atoms with Gasteiger partial charge < -0.3 is 9.88 Å². The second-order valence-electron chi connectivity index (χ2n) is 7.95. The first-order chi connectivity index (χ1) is 15.4. The standard InChI is InChI=1S/C29H26N2/c1-4-10-23(11-5-1)19-30-20-27-22-31(21-24-12-6-2-7-13-24)29-17-16-26(18-28(27)29)25-14-8-3-9-15-25/h1-18,22,30H,19-21H2. The molecule has 0 bridgehead atoms. The maximum atomic E-state index is 3.63. The van der Waals surface area contributed by atoms with Gasteiger partial charge in [0.25, 0.3) is 0 Å². The number of hydrogen-bond donors (Lipinski definition) is 1. The van der Waals surface area contributed by atoms with Crippen molar-refractivity contribution in [1.29, 1.82) is 0 Å². The van der Waals surface area contributed by atoms with E-state index in [1.807, 2.05) is 0 Å². The van der Waals surface area contributed by atoms with Crippen molar-refractivity contribution in [3.05, 3.63) is 132 Å². The first kappa shape index (κ1) is 19.3. The lowest BCUT2D eigenvalue weighted by Crippen LogP contribution is -2.12. The summed E-state index contributed by atoms with van der Waals surface area (Å²) < 4.78 is 2.37. The molecular weight excluding hydrogens is 376 g/mol. The monoisotopic (exact) mass is 402 g/mol. The molecule has 1 aromatic heterocycles. The largest absolute Gasteiger partial charge is 0.343 e. The molecule has 5 aromatic rings. The third kappa shape index (κ3) is 4.45. The van der Waals surface area contributed by atoms with E-state index in [2.05, 4.69) is 125 Å². The number of hydrogen-bond acceptors (Lipinski definition) is 1.